The van der Waals surface area contributed by atoms with E-state index in [0.29, 0.717) is 35.4 Å². The standard InChI is InChI=1S/C22H33N5O4/c1-15(2)11-23-22(28)18-14-27(25-24-18)17-7-6-10-26(13-17)12-16-8-9-19(29-3)21(31-5)20(16)30-4/h8-9,14-15,17H,6-7,10-13H2,1-5H3,(H,23,28)/t17-/m1/s1. The Balaban J connectivity index is 1.69. The van der Waals surface area contributed by atoms with Crippen LogP contribution in [0.4, 0.5) is 0 Å². The average molecular weight is 432 g/mol. The van der Waals surface area contributed by atoms with Crippen molar-refractivity contribution >= 4 is 5.91 Å². The molecule has 31 heavy (non-hydrogen) atoms. The van der Waals surface area contributed by atoms with Crippen molar-refractivity contribution in [2.24, 2.45) is 5.92 Å². The molecule has 0 unspecified atom stereocenters. The molecular formula is C22H33N5O4. The van der Waals surface area contributed by atoms with Crippen LogP contribution in [0.15, 0.2) is 18.3 Å². The van der Waals surface area contributed by atoms with Gasteiger partial charge < -0.3 is 19.5 Å². The predicted molar refractivity (Wildman–Crippen MR) is 117 cm³/mol. The minimum absolute atomic E-state index is 0.166. The van der Waals surface area contributed by atoms with E-state index in [0.717, 1.165) is 38.0 Å². The molecule has 2 heterocycles. The molecule has 9 heteroatoms. The van der Waals surface area contributed by atoms with Crippen LogP contribution in [-0.2, 0) is 6.54 Å². The van der Waals surface area contributed by atoms with Gasteiger partial charge in [-0.25, -0.2) is 4.68 Å². The quantitative estimate of drug-likeness (QED) is 0.652. The maximum atomic E-state index is 12.3. The summed E-state index contributed by atoms with van der Waals surface area (Å²) in [6.45, 7) is 7.24. The zero-order valence-corrected chi connectivity index (χ0v) is 19.1. The van der Waals surface area contributed by atoms with Gasteiger partial charge >= 0.3 is 0 Å². The first-order valence-electron chi connectivity index (χ1n) is 10.7. The Morgan fingerprint density at radius 2 is 1.97 bits per heavy atom. The summed E-state index contributed by atoms with van der Waals surface area (Å²) >= 11 is 0. The van der Waals surface area contributed by atoms with Gasteiger partial charge in [-0.3, -0.25) is 9.69 Å². The Bertz CT molecular complexity index is 883. The summed E-state index contributed by atoms with van der Waals surface area (Å²) in [7, 11) is 4.86. The molecule has 1 N–H and O–H groups in total. The number of amides is 1. The number of nitrogens with zero attached hydrogens (tertiary/aromatic N) is 4. The number of carbonyl (C=O) groups excluding carboxylic acids is 1. The van der Waals surface area contributed by atoms with Crippen LogP contribution >= 0.6 is 0 Å². The van der Waals surface area contributed by atoms with Gasteiger partial charge in [-0.15, -0.1) is 5.10 Å². The maximum Gasteiger partial charge on any atom is 0.273 e. The van der Waals surface area contributed by atoms with Crippen LogP contribution in [0.2, 0.25) is 0 Å². The number of rotatable bonds is 9. The van der Waals surface area contributed by atoms with Gasteiger partial charge in [0.1, 0.15) is 0 Å². The molecule has 0 aliphatic carbocycles. The number of methoxy groups -OCH3 is 3. The van der Waals surface area contributed by atoms with Crippen LogP contribution in [0.3, 0.4) is 0 Å². The van der Waals surface area contributed by atoms with E-state index in [2.05, 4.69) is 34.4 Å². The SMILES string of the molecule is COc1ccc(CN2CCC[C@@H](n3cc(C(=O)NCC(C)C)nn3)C2)c(OC)c1OC. The molecule has 9 nitrogen and oxygen atoms in total. The van der Waals surface area contributed by atoms with E-state index in [-0.39, 0.29) is 11.9 Å². The number of hydrogen-bond acceptors (Lipinski definition) is 7. The minimum Gasteiger partial charge on any atom is -0.493 e. The summed E-state index contributed by atoms with van der Waals surface area (Å²) in [5.41, 5.74) is 1.40. The molecule has 1 fully saturated rings. The van der Waals surface area contributed by atoms with E-state index < -0.39 is 0 Å². The number of hydrogen-bond donors (Lipinski definition) is 1. The van der Waals surface area contributed by atoms with E-state index in [1.165, 1.54) is 0 Å². The van der Waals surface area contributed by atoms with E-state index in [4.69, 9.17) is 14.2 Å². The van der Waals surface area contributed by atoms with Crippen molar-refractivity contribution in [3.05, 3.63) is 29.6 Å². The average Bonchev–Trinajstić information content (AvgIpc) is 3.27. The topological polar surface area (TPSA) is 90.7 Å². The fraction of sp³-hybridized carbons (Fsp3) is 0.591. The lowest BCUT2D eigenvalue weighted by Gasteiger charge is -2.33. The van der Waals surface area contributed by atoms with Crippen LogP contribution < -0.4 is 19.5 Å². The highest BCUT2D eigenvalue weighted by Gasteiger charge is 2.25. The fourth-order valence-corrected chi connectivity index (χ4v) is 3.87. The van der Waals surface area contributed by atoms with Crippen LogP contribution in [-0.4, -0.2) is 66.8 Å². The molecule has 1 amide bonds. The van der Waals surface area contributed by atoms with Crippen molar-refractivity contribution < 1.29 is 19.0 Å². The van der Waals surface area contributed by atoms with Crippen LogP contribution in [0.25, 0.3) is 0 Å². The Kier molecular flexibility index (Phi) is 7.73. The van der Waals surface area contributed by atoms with Gasteiger partial charge in [0.05, 0.1) is 33.6 Å². The highest BCUT2D eigenvalue weighted by molar-refractivity contribution is 5.91. The molecule has 1 aromatic heterocycles. The molecule has 0 radical (unpaired) electrons. The molecule has 0 saturated carbocycles. The second-order valence-corrected chi connectivity index (χ2v) is 8.21. The number of benzene rings is 1. The fourth-order valence-electron chi connectivity index (χ4n) is 3.87. The lowest BCUT2D eigenvalue weighted by atomic mass is 10.0. The number of ether oxygens (including phenoxy) is 3. The van der Waals surface area contributed by atoms with E-state index in [9.17, 15) is 4.79 Å². The number of likely N-dealkylation sites (tertiary alicyclic amines) is 1. The Morgan fingerprint density at radius 1 is 1.19 bits per heavy atom. The molecule has 0 bridgehead atoms. The van der Waals surface area contributed by atoms with Crippen LogP contribution in [0.5, 0.6) is 17.2 Å². The molecule has 0 spiro atoms. The molecule has 1 saturated heterocycles. The third kappa shape index (κ3) is 5.46. The summed E-state index contributed by atoms with van der Waals surface area (Å²) in [5.74, 6) is 2.14. The first-order valence-corrected chi connectivity index (χ1v) is 10.7. The monoisotopic (exact) mass is 431 g/mol. The van der Waals surface area contributed by atoms with Crippen molar-refractivity contribution in [1.82, 2.24) is 25.2 Å². The summed E-state index contributed by atoms with van der Waals surface area (Å²) < 4.78 is 18.3. The summed E-state index contributed by atoms with van der Waals surface area (Å²) in [5, 5.41) is 11.2. The molecule has 170 valence electrons. The third-order valence-electron chi connectivity index (χ3n) is 5.45. The highest BCUT2D eigenvalue weighted by atomic mass is 16.5. The van der Waals surface area contributed by atoms with E-state index >= 15 is 0 Å². The molecule has 3 rings (SSSR count). The molecule has 1 aliphatic heterocycles. The molecule has 1 aromatic carbocycles. The van der Waals surface area contributed by atoms with E-state index in [1.54, 1.807) is 27.5 Å². The van der Waals surface area contributed by atoms with Crippen molar-refractivity contribution in [3.8, 4) is 17.2 Å². The zero-order valence-electron chi connectivity index (χ0n) is 19.1. The van der Waals surface area contributed by atoms with Crippen LogP contribution in [0.1, 0.15) is 48.8 Å². The molecule has 2 aromatic rings. The highest BCUT2D eigenvalue weighted by Crippen LogP contribution is 2.40. The Labute approximate surface area is 183 Å². The number of carbonyl (C=O) groups is 1. The lowest BCUT2D eigenvalue weighted by molar-refractivity contribution is 0.0944. The van der Waals surface area contributed by atoms with Crippen molar-refractivity contribution in [2.75, 3.05) is 41.0 Å². The first kappa shape index (κ1) is 22.9. The second kappa shape index (κ2) is 10.5. The van der Waals surface area contributed by atoms with Gasteiger partial charge in [0.15, 0.2) is 17.2 Å². The zero-order chi connectivity index (χ0) is 22.4. The van der Waals surface area contributed by atoms with E-state index in [1.807, 2.05) is 16.8 Å². The van der Waals surface area contributed by atoms with Gasteiger partial charge in [0.25, 0.3) is 5.91 Å². The first-order chi connectivity index (χ1) is 15.0. The van der Waals surface area contributed by atoms with Gasteiger partial charge in [-0.2, -0.15) is 0 Å². The summed E-state index contributed by atoms with van der Waals surface area (Å²) in [6.07, 6.45) is 3.78. The minimum atomic E-state index is -0.178. The lowest BCUT2D eigenvalue weighted by Crippen LogP contribution is -2.36. The van der Waals surface area contributed by atoms with Crippen molar-refractivity contribution in [1.29, 1.82) is 0 Å². The van der Waals surface area contributed by atoms with Gasteiger partial charge in [0, 0.05) is 25.2 Å². The normalized spacial score (nSPS) is 16.9. The number of piperidine rings is 1. The Morgan fingerprint density at radius 3 is 2.65 bits per heavy atom. The number of aromatic nitrogens is 3. The van der Waals surface area contributed by atoms with Crippen molar-refractivity contribution in [3.63, 3.8) is 0 Å². The molecule has 1 atom stereocenters. The molecule has 1 aliphatic rings. The summed E-state index contributed by atoms with van der Waals surface area (Å²) in [6, 6.07) is 4.08. The van der Waals surface area contributed by atoms with Crippen LogP contribution in [0, 0.1) is 5.92 Å². The molecular weight excluding hydrogens is 398 g/mol. The number of nitrogens with one attached hydrogen (secondary N) is 1. The smallest absolute Gasteiger partial charge is 0.273 e. The van der Waals surface area contributed by atoms with Gasteiger partial charge in [0.2, 0.25) is 5.75 Å². The predicted octanol–water partition coefficient (Wildman–Crippen LogP) is 2.53. The Hall–Kier alpha value is -2.81. The van der Waals surface area contributed by atoms with Crippen molar-refractivity contribution in [2.45, 2.75) is 39.3 Å². The summed E-state index contributed by atoms with van der Waals surface area (Å²) in [4.78, 5) is 14.6. The largest absolute Gasteiger partial charge is 0.493 e. The maximum absolute atomic E-state index is 12.3. The third-order valence-corrected chi connectivity index (χ3v) is 5.45. The van der Waals surface area contributed by atoms with Gasteiger partial charge in [-0.05, 0) is 31.4 Å². The second-order valence-electron chi connectivity index (χ2n) is 8.21. The van der Waals surface area contributed by atoms with Gasteiger partial charge in [-0.1, -0.05) is 25.1 Å².